The molecular formula is C15H13F2NO2. The van der Waals surface area contributed by atoms with Gasteiger partial charge in [0.15, 0.2) is 0 Å². The summed E-state index contributed by atoms with van der Waals surface area (Å²) >= 11 is 0. The zero-order valence-corrected chi connectivity index (χ0v) is 10.6. The molecule has 0 aliphatic rings. The van der Waals surface area contributed by atoms with E-state index in [2.05, 4.69) is 0 Å². The van der Waals surface area contributed by atoms with Gasteiger partial charge >= 0.3 is 0 Å². The van der Waals surface area contributed by atoms with E-state index in [1.54, 1.807) is 6.07 Å². The van der Waals surface area contributed by atoms with Crippen LogP contribution >= 0.6 is 0 Å². The third-order valence-corrected chi connectivity index (χ3v) is 2.77. The summed E-state index contributed by atoms with van der Waals surface area (Å²) in [5.41, 5.74) is 5.67. The molecule has 2 N–H and O–H groups in total. The topological polar surface area (TPSA) is 52.3 Å². The second-order valence-electron chi connectivity index (χ2n) is 4.23. The molecule has 0 radical (unpaired) electrons. The Labute approximate surface area is 115 Å². The molecule has 0 heterocycles. The molecule has 0 aromatic heterocycles. The van der Waals surface area contributed by atoms with Gasteiger partial charge < -0.3 is 10.5 Å². The van der Waals surface area contributed by atoms with Crippen molar-refractivity contribution in [1.82, 2.24) is 0 Å². The Morgan fingerprint density at radius 1 is 1.10 bits per heavy atom. The molecular weight excluding hydrogens is 264 g/mol. The molecule has 0 atom stereocenters. The minimum Gasteiger partial charge on any atom is -0.493 e. The second kappa shape index (κ2) is 6.14. The maximum Gasteiger partial charge on any atom is 0.251 e. The van der Waals surface area contributed by atoms with E-state index in [1.165, 1.54) is 36.4 Å². The van der Waals surface area contributed by atoms with Crippen LogP contribution in [0.4, 0.5) is 8.78 Å². The predicted octanol–water partition coefficient (Wildman–Crippen LogP) is 2.69. The minimum absolute atomic E-state index is 0.135. The van der Waals surface area contributed by atoms with Crippen LogP contribution in [0.1, 0.15) is 15.9 Å². The summed E-state index contributed by atoms with van der Waals surface area (Å²) < 4.78 is 31.4. The van der Waals surface area contributed by atoms with E-state index in [1.807, 2.05) is 0 Å². The van der Waals surface area contributed by atoms with Crippen LogP contribution in [0, 0.1) is 11.6 Å². The number of ether oxygens (including phenoxy) is 1. The molecule has 104 valence electrons. The van der Waals surface area contributed by atoms with Gasteiger partial charge in [0.25, 0.3) is 5.91 Å². The van der Waals surface area contributed by atoms with Crippen LogP contribution in [0.25, 0.3) is 0 Å². The van der Waals surface area contributed by atoms with Gasteiger partial charge in [-0.15, -0.1) is 0 Å². The first-order valence-electron chi connectivity index (χ1n) is 6.03. The van der Waals surface area contributed by atoms with E-state index in [0.29, 0.717) is 18.8 Å². The molecule has 2 rings (SSSR count). The van der Waals surface area contributed by atoms with Crippen molar-refractivity contribution < 1.29 is 18.3 Å². The quantitative estimate of drug-likeness (QED) is 0.913. The molecule has 2 aromatic carbocycles. The maximum atomic E-state index is 13.3. The molecule has 2 aromatic rings. The Bertz CT molecular complexity index is 612. The van der Waals surface area contributed by atoms with Gasteiger partial charge in [-0.1, -0.05) is 6.07 Å². The van der Waals surface area contributed by atoms with Crippen LogP contribution in [0.2, 0.25) is 0 Å². The summed E-state index contributed by atoms with van der Waals surface area (Å²) in [6, 6.07) is 9.83. The lowest BCUT2D eigenvalue weighted by molar-refractivity contribution is 0.0996. The summed E-state index contributed by atoms with van der Waals surface area (Å²) in [6.45, 7) is 0.329. The number of hydrogen-bond acceptors (Lipinski definition) is 2. The molecule has 20 heavy (non-hydrogen) atoms. The first kappa shape index (κ1) is 14.0. The number of carbonyl (C=O) groups is 1. The number of hydrogen-bond donors (Lipinski definition) is 1. The molecule has 3 nitrogen and oxygen atoms in total. The molecule has 5 heteroatoms. The van der Waals surface area contributed by atoms with Crippen LogP contribution < -0.4 is 10.5 Å². The van der Waals surface area contributed by atoms with Gasteiger partial charge in [-0.25, -0.2) is 8.78 Å². The Hall–Kier alpha value is -2.43. The summed E-state index contributed by atoms with van der Waals surface area (Å²) in [6.07, 6.45) is 0.484. The van der Waals surface area contributed by atoms with Crippen molar-refractivity contribution in [3.63, 3.8) is 0 Å². The van der Waals surface area contributed by atoms with Gasteiger partial charge in [-0.3, -0.25) is 4.79 Å². The molecule has 0 saturated heterocycles. The molecule has 0 unspecified atom stereocenters. The van der Waals surface area contributed by atoms with E-state index in [4.69, 9.17) is 10.5 Å². The van der Waals surface area contributed by atoms with E-state index in [0.717, 1.165) is 5.56 Å². The number of benzene rings is 2. The lowest BCUT2D eigenvalue weighted by Gasteiger charge is -2.07. The molecule has 0 aliphatic carbocycles. The van der Waals surface area contributed by atoms with Gasteiger partial charge in [0.05, 0.1) is 12.2 Å². The average molecular weight is 277 g/mol. The average Bonchev–Trinajstić information content (AvgIpc) is 2.42. The van der Waals surface area contributed by atoms with E-state index < -0.39 is 11.7 Å². The third-order valence-electron chi connectivity index (χ3n) is 2.77. The van der Waals surface area contributed by atoms with Crippen molar-refractivity contribution in [3.8, 4) is 5.75 Å². The van der Waals surface area contributed by atoms with Crippen molar-refractivity contribution in [2.24, 2.45) is 5.73 Å². The monoisotopic (exact) mass is 277 g/mol. The number of amides is 1. The number of carbonyl (C=O) groups excluding carboxylic acids is 1. The number of primary amides is 1. The van der Waals surface area contributed by atoms with Gasteiger partial charge in [-0.05, 0) is 42.0 Å². The first-order valence-corrected chi connectivity index (χ1v) is 6.03. The highest BCUT2D eigenvalue weighted by Gasteiger charge is 2.08. The van der Waals surface area contributed by atoms with Crippen molar-refractivity contribution in [1.29, 1.82) is 0 Å². The standard InChI is InChI=1S/C15H13F2NO2/c16-11-2-4-12(5-3-11)20-8-7-10-1-6-14(17)13(9-10)15(18)19/h1-6,9H,7-8H2,(H2,18,19). The molecule has 0 saturated carbocycles. The van der Waals surface area contributed by atoms with Gasteiger partial charge in [-0.2, -0.15) is 0 Å². The molecule has 1 amide bonds. The maximum absolute atomic E-state index is 13.3. The summed E-state index contributed by atoms with van der Waals surface area (Å²) in [5.74, 6) is -1.23. The zero-order valence-electron chi connectivity index (χ0n) is 10.6. The molecule has 0 bridgehead atoms. The summed E-state index contributed by atoms with van der Waals surface area (Å²) in [5, 5.41) is 0. The van der Waals surface area contributed by atoms with Crippen molar-refractivity contribution in [2.75, 3.05) is 6.61 Å². The fraction of sp³-hybridized carbons (Fsp3) is 0.133. The number of nitrogens with two attached hydrogens (primary N) is 1. The Morgan fingerprint density at radius 2 is 1.80 bits per heavy atom. The van der Waals surface area contributed by atoms with E-state index >= 15 is 0 Å². The Morgan fingerprint density at radius 3 is 2.45 bits per heavy atom. The lowest BCUT2D eigenvalue weighted by Crippen LogP contribution is -2.14. The summed E-state index contributed by atoms with van der Waals surface area (Å²) in [4.78, 5) is 11.0. The third kappa shape index (κ3) is 3.54. The number of rotatable bonds is 5. The van der Waals surface area contributed by atoms with E-state index in [-0.39, 0.29) is 11.4 Å². The van der Waals surface area contributed by atoms with Crippen LogP contribution in [0.15, 0.2) is 42.5 Å². The highest BCUT2D eigenvalue weighted by Crippen LogP contribution is 2.13. The van der Waals surface area contributed by atoms with Crippen LogP contribution in [-0.2, 0) is 6.42 Å². The largest absolute Gasteiger partial charge is 0.493 e. The fourth-order valence-electron chi connectivity index (χ4n) is 1.73. The van der Waals surface area contributed by atoms with E-state index in [9.17, 15) is 13.6 Å². The highest BCUT2D eigenvalue weighted by molar-refractivity contribution is 5.93. The van der Waals surface area contributed by atoms with Gasteiger partial charge in [0, 0.05) is 6.42 Å². The van der Waals surface area contributed by atoms with Gasteiger partial charge in [0.1, 0.15) is 17.4 Å². The summed E-state index contributed by atoms with van der Waals surface area (Å²) in [7, 11) is 0. The smallest absolute Gasteiger partial charge is 0.251 e. The van der Waals surface area contributed by atoms with Crippen LogP contribution in [0.5, 0.6) is 5.75 Å². The minimum atomic E-state index is -0.802. The zero-order chi connectivity index (χ0) is 14.5. The van der Waals surface area contributed by atoms with Crippen molar-refractivity contribution in [3.05, 3.63) is 65.2 Å². The Balaban J connectivity index is 1.96. The van der Waals surface area contributed by atoms with Gasteiger partial charge in [0.2, 0.25) is 0 Å². The number of halogens is 2. The van der Waals surface area contributed by atoms with Crippen LogP contribution in [0.3, 0.4) is 0 Å². The highest BCUT2D eigenvalue weighted by atomic mass is 19.1. The van der Waals surface area contributed by atoms with Crippen molar-refractivity contribution in [2.45, 2.75) is 6.42 Å². The SMILES string of the molecule is NC(=O)c1cc(CCOc2ccc(F)cc2)ccc1F. The molecule has 0 aliphatic heterocycles. The Kier molecular flexibility index (Phi) is 4.30. The fourth-order valence-corrected chi connectivity index (χ4v) is 1.73. The predicted molar refractivity (Wildman–Crippen MR) is 70.5 cm³/mol. The normalized spacial score (nSPS) is 10.3. The van der Waals surface area contributed by atoms with Crippen molar-refractivity contribution >= 4 is 5.91 Å². The molecule has 0 fully saturated rings. The molecule has 0 spiro atoms. The lowest BCUT2D eigenvalue weighted by atomic mass is 10.1. The van der Waals surface area contributed by atoms with Crippen LogP contribution in [-0.4, -0.2) is 12.5 Å². The second-order valence-corrected chi connectivity index (χ2v) is 4.23. The first-order chi connectivity index (χ1) is 9.56.